The molecular weight excluding hydrogens is 392 g/mol. The second kappa shape index (κ2) is 7.21. The highest BCUT2D eigenvalue weighted by atomic mass is 79.9. The molecule has 0 fully saturated rings. The number of amides is 1. The molecular formula is C17H19BrN2O3S. The highest BCUT2D eigenvalue weighted by molar-refractivity contribution is 9.10. The minimum absolute atomic E-state index is 0.0121. The van der Waals surface area contributed by atoms with E-state index in [2.05, 4.69) is 20.9 Å². The van der Waals surface area contributed by atoms with E-state index in [0.717, 1.165) is 32.8 Å². The predicted octanol–water partition coefficient (Wildman–Crippen LogP) is 3.35. The van der Waals surface area contributed by atoms with E-state index in [-0.39, 0.29) is 18.6 Å². The number of fused-ring (bicyclic) bond motifs is 3. The maximum absolute atomic E-state index is 12.8. The first kappa shape index (κ1) is 17.4. The minimum Gasteiger partial charge on any atom is -0.493 e. The topological polar surface area (TPSA) is 62.7 Å². The molecule has 0 spiro atoms. The molecule has 3 rings (SSSR count). The van der Waals surface area contributed by atoms with Gasteiger partial charge in [0.2, 0.25) is 0 Å². The molecule has 2 aromatic rings. The number of carbonyl (C=O) groups is 1. The molecule has 2 heterocycles. The van der Waals surface area contributed by atoms with E-state index in [1.54, 1.807) is 4.90 Å². The van der Waals surface area contributed by atoms with Crippen LogP contribution in [0.15, 0.2) is 22.7 Å². The van der Waals surface area contributed by atoms with Crippen LogP contribution in [0.25, 0.3) is 11.3 Å². The largest absolute Gasteiger partial charge is 0.493 e. The lowest BCUT2D eigenvalue weighted by molar-refractivity contribution is 0.0665. The highest BCUT2D eigenvalue weighted by Crippen LogP contribution is 2.39. The Hall–Kier alpha value is -1.44. The Morgan fingerprint density at radius 2 is 2.29 bits per heavy atom. The zero-order valence-corrected chi connectivity index (χ0v) is 16.0. The van der Waals surface area contributed by atoms with Crippen LogP contribution in [0.4, 0.5) is 0 Å². The van der Waals surface area contributed by atoms with Crippen molar-refractivity contribution in [1.29, 1.82) is 0 Å². The first-order chi connectivity index (χ1) is 11.5. The maximum Gasteiger partial charge on any atom is 0.283 e. The van der Waals surface area contributed by atoms with Gasteiger partial charge in [-0.25, -0.2) is 4.98 Å². The van der Waals surface area contributed by atoms with Crippen molar-refractivity contribution in [2.75, 3.05) is 19.8 Å². The lowest BCUT2D eigenvalue weighted by atomic mass is 10.1. The van der Waals surface area contributed by atoms with Gasteiger partial charge in [-0.1, -0.05) is 15.9 Å². The third-order valence-corrected chi connectivity index (χ3v) is 5.49. The normalized spacial score (nSPS) is 13.0. The maximum atomic E-state index is 12.8. The van der Waals surface area contributed by atoms with E-state index < -0.39 is 0 Å². The van der Waals surface area contributed by atoms with Crippen molar-refractivity contribution in [3.05, 3.63) is 32.6 Å². The average molecular weight is 411 g/mol. The lowest BCUT2D eigenvalue weighted by Gasteiger charge is -2.24. The number of thiazole rings is 1. The fourth-order valence-corrected chi connectivity index (χ4v) is 4.09. The molecule has 1 aliphatic rings. The summed E-state index contributed by atoms with van der Waals surface area (Å²) in [6.07, 6.45) is 0.730. The standard InChI is InChI=1S/C17H19BrN2O3S/c1-10(2)20(6-7-21)17(22)16-19-15-12-9-11(18)3-4-13(12)23-8-5-14(15)24-16/h3-4,9-10,21H,5-8H2,1-2H3. The summed E-state index contributed by atoms with van der Waals surface area (Å²) >= 11 is 4.90. The van der Waals surface area contributed by atoms with Gasteiger partial charge in [0.25, 0.3) is 5.91 Å². The summed E-state index contributed by atoms with van der Waals surface area (Å²) in [6, 6.07) is 5.84. The average Bonchev–Trinajstić information content (AvgIpc) is 2.90. The Kier molecular flexibility index (Phi) is 5.22. The van der Waals surface area contributed by atoms with Gasteiger partial charge < -0.3 is 14.7 Å². The van der Waals surface area contributed by atoms with Crippen molar-refractivity contribution in [1.82, 2.24) is 9.88 Å². The smallest absolute Gasteiger partial charge is 0.283 e. The van der Waals surface area contributed by atoms with E-state index in [0.29, 0.717) is 18.2 Å². The molecule has 24 heavy (non-hydrogen) atoms. The van der Waals surface area contributed by atoms with Crippen molar-refractivity contribution in [3.63, 3.8) is 0 Å². The number of carbonyl (C=O) groups excluding carboxylic acids is 1. The summed E-state index contributed by atoms with van der Waals surface area (Å²) in [4.78, 5) is 20.1. The van der Waals surface area contributed by atoms with Gasteiger partial charge in [0.1, 0.15) is 5.75 Å². The monoisotopic (exact) mass is 410 g/mol. The summed E-state index contributed by atoms with van der Waals surface area (Å²) < 4.78 is 6.73. The summed E-state index contributed by atoms with van der Waals surface area (Å²) in [5.41, 5.74) is 1.73. The first-order valence-corrected chi connectivity index (χ1v) is 9.46. The van der Waals surface area contributed by atoms with E-state index in [9.17, 15) is 9.90 Å². The van der Waals surface area contributed by atoms with Gasteiger partial charge in [-0.05, 0) is 32.0 Å². The Morgan fingerprint density at radius 3 is 3.00 bits per heavy atom. The Morgan fingerprint density at radius 1 is 1.50 bits per heavy atom. The molecule has 0 saturated carbocycles. The van der Waals surface area contributed by atoms with E-state index >= 15 is 0 Å². The molecule has 128 valence electrons. The number of nitrogens with zero attached hydrogens (tertiary/aromatic N) is 2. The highest BCUT2D eigenvalue weighted by Gasteiger charge is 2.26. The number of benzene rings is 1. The minimum atomic E-state index is -0.130. The quantitative estimate of drug-likeness (QED) is 0.838. The van der Waals surface area contributed by atoms with Gasteiger partial charge >= 0.3 is 0 Å². The van der Waals surface area contributed by atoms with Gasteiger partial charge in [0.05, 0.1) is 18.9 Å². The molecule has 1 aromatic carbocycles. The Balaban J connectivity index is 2.01. The van der Waals surface area contributed by atoms with Crippen molar-refractivity contribution < 1.29 is 14.6 Å². The van der Waals surface area contributed by atoms with Gasteiger partial charge in [-0.2, -0.15) is 0 Å². The van der Waals surface area contributed by atoms with E-state index in [1.807, 2.05) is 32.0 Å². The van der Waals surface area contributed by atoms with E-state index in [4.69, 9.17) is 4.74 Å². The lowest BCUT2D eigenvalue weighted by Crippen LogP contribution is -2.38. The number of rotatable bonds is 4. The molecule has 5 nitrogen and oxygen atoms in total. The van der Waals surface area contributed by atoms with Crippen molar-refractivity contribution in [2.24, 2.45) is 0 Å². The summed E-state index contributed by atoms with van der Waals surface area (Å²) in [5, 5.41) is 9.68. The third kappa shape index (κ3) is 3.34. The molecule has 1 amide bonds. The van der Waals surface area contributed by atoms with Crippen LogP contribution in [0.1, 0.15) is 28.5 Å². The molecule has 0 unspecified atom stereocenters. The van der Waals surface area contributed by atoms with Crippen LogP contribution < -0.4 is 4.74 Å². The second-order valence-electron chi connectivity index (χ2n) is 5.85. The summed E-state index contributed by atoms with van der Waals surface area (Å²) in [7, 11) is 0. The molecule has 0 atom stereocenters. The molecule has 0 radical (unpaired) electrons. The summed E-state index contributed by atoms with van der Waals surface area (Å²) in [5.74, 6) is 0.659. The van der Waals surface area contributed by atoms with Crippen LogP contribution in [-0.2, 0) is 6.42 Å². The zero-order valence-electron chi connectivity index (χ0n) is 13.6. The molecule has 0 bridgehead atoms. The fraction of sp³-hybridized carbons (Fsp3) is 0.412. The van der Waals surface area contributed by atoms with Gasteiger partial charge in [-0.15, -0.1) is 11.3 Å². The number of aliphatic hydroxyl groups is 1. The van der Waals surface area contributed by atoms with Gasteiger partial charge in [0.15, 0.2) is 5.01 Å². The fourth-order valence-electron chi connectivity index (χ4n) is 2.71. The van der Waals surface area contributed by atoms with Gasteiger partial charge in [0, 0.05) is 33.9 Å². The van der Waals surface area contributed by atoms with Crippen LogP contribution in [0.3, 0.4) is 0 Å². The molecule has 1 N–H and O–H groups in total. The molecule has 0 saturated heterocycles. The first-order valence-electron chi connectivity index (χ1n) is 7.85. The van der Waals surface area contributed by atoms with Crippen LogP contribution >= 0.6 is 27.3 Å². The number of hydrogen-bond acceptors (Lipinski definition) is 5. The second-order valence-corrected chi connectivity index (χ2v) is 7.84. The van der Waals surface area contributed by atoms with E-state index in [1.165, 1.54) is 11.3 Å². The molecule has 7 heteroatoms. The Labute approximate surface area is 153 Å². The number of ether oxygens (including phenoxy) is 1. The van der Waals surface area contributed by atoms with Crippen molar-refractivity contribution in [2.45, 2.75) is 26.3 Å². The molecule has 0 aliphatic carbocycles. The molecule has 1 aromatic heterocycles. The SMILES string of the molecule is CC(C)N(CCO)C(=O)c1nc2c(s1)CCOc1ccc(Br)cc1-2. The van der Waals surface area contributed by atoms with Crippen LogP contribution in [-0.4, -0.2) is 46.7 Å². The van der Waals surface area contributed by atoms with Crippen LogP contribution in [0, 0.1) is 0 Å². The number of aliphatic hydroxyl groups excluding tert-OH is 1. The van der Waals surface area contributed by atoms with Crippen LogP contribution in [0.2, 0.25) is 0 Å². The van der Waals surface area contributed by atoms with Crippen molar-refractivity contribution >= 4 is 33.2 Å². The van der Waals surface area contributed by atoms with Crippen molar-refractivity contribution in [3.8, 4) is 17.0 Å². The van der Waals surface area contributed by atoms with Gasteiger partial charge in [-0.3, -0.25) is 4.79 Å². The number of hydrogen-bond donors (Lipinski definition) is 1. The number of aromatic nitrogens is 1. The zero-order chi connectivity index (χ0) is 17.3. The van der Waals surface area contributed by atoms with Crippen LogP contribution in [0.5, 0.6) is 5.75 Å². The third-order valence-electron chi connectivity index (χ3n) is 3.89. The molecule has 1 aliphatic heterocycles. The number of halogens is 1. The Bertz CT molecular complexity index is 760. The summed E-state index contributed by atoms with van der Waals surface area (Å²) in [6.45, 7) is 4.70. The predicted molar refractivity (Wildman–Crippen MR) is 97.7 cm³/mol.